The third-order valence-electron chi connectivity index (χ3n) is 6.16. The molecule has 3 aliphatic heterocycles. The van der Waals surface area contributed by atoms with Gasteiger partial charge in [-0.05, 0) is 32.7 Å². The average Bonchev–Trinajstić information content (AvgIpc) is 2.59. The number of fused-ring (bicyclic) bond motifs is 2. The summed E-state index contributed by atoms with van der Waals surface area (Å²) in [7, 11) is -1.03. The van der Waals surface area contributed by atoms with Crippen molar-refractivity contribution in [3.63, 3.8) is 0 Å². The van der Waals surface area contributed by atoms with Gasteiger partial charge in [0.05, 0.1) is 18.5 Å². The molecule has 0 aliphatic carbocycles. The molecular formula is C18H27ClN4O4S. The van der Waals surface area contributed by atoms with Crippen LogP contribution in [0.5, 0.6) is 5.88 Å². The Morgan fingerprint density at radius 3 is 2.79 bits per heavy atom. The number of nitrogens with zero attached hydrogens (tertiary/aromatic N) is 3. The van der Waals surface area contributed by atoms with Crippen molar-refractivity contribution in [2.24, 2.45) is 0 Å². The third-order valence-corrected chi connectivity index (χ3v) is 8.63. The molecule has 4 rings (SSSR count). The molecule has 8 nitrogen and oxygen atoms in total. The molecule has 4 unspecified atom stereocenters. The highest BCUT2D eigenvalue weighted by Crippen LogP contribution is 2.37. The lowest BCUT2D eigenvalue weighted by molar-refractivity contribution is -0.0813. The lowest BCUT2D eigenvalue weighted by Gasteiger charge is -2.50. The van der Waals surface area contributed by atoms with Crippen molar-refractivity contribution in [1.82, 2.24) is 14.9 Å². The van der Waals surface area contributed by atoms with Gasteiger partial charge in [-0.25, -0.2) is 13.4 Å². The van der Waals surface area contributed by atoms with Gasteiger partial charge in [-0.3, -0.25) is 4.90 Å². The van der Waals surface area contributed by atoms with E-state index in [9.17, 15) is 8.42 Å². The predicted molar refractivity (Wildman–Crippen MR) is 107 cm³/mol. The summed E-state index contributed by atoms with van der Waals surface area (Å²) < 4.78 is 36.0. The van der Waals surface area contributed by atoms with E-state index in [0.717, 1.165) is 25.7 Å². The Labute approximate surface area is 170 Å². The van der Waals surface area contributed by atoms with Gasteiger partial charge in [0.1, 0.15) is 11.3 Å². The van der Waals surface area contributed by atoms with E-state index in [1.165, 1.54) is 0 Å². The molecule has 28 heavy (non-hydrogen) atoms. The number of anilines is 1. The van der Waals surface area contributed by atoms with Gasteiger partial charge in [0.15, 0.2) is 9.84 Å². The van der Waals surface area contributed by atoms with Crippen LogP contribution in [-0.2, 0) is 14.6 Å². The second kappa shape index (κ2) is 7.93. The summed E-state index contributed by atoms with van der Waals surface area (Å²) in [6, 6.07) is 2.07. The normalized spacial score (nSPS) is 31.2. The van der Waals surface area contributed by atoms with Crippen LogP contribution >= 0.6 is 11.6 Å². The number of halogens is 1. The molecule has 0 amide bonds. The number of rotatable bonds is 6. The van der Waals surface area contributed by atoms with Gasteiger partial charge in [0, 0.05) is 29.9 Å². The van der Waals surface area contributed by atoms with E-state index < -0.39 is 9.84 Å². The van der Waals surface area contributed by atoms with Gasteiger partial charge in [-0.15, -0.1) is 0 Å². The molecule has 3 fully saturated rings. The van der Waals surface area contributed by atoms with Gasteiger partial charge in [0.2, 0.25) is 11.8 Å². The van der Waals surface area contributed by atoms with E-state index in [-0.39, 0.29) is 29.2 Å². The number of ether oxygens (including phenoxy) is 2. The van der Waals surface area contributed by atoms with Crippen molar-refractivity contribution in [3.8, 4) is 5.88 Å². The topological polar surface area (TPSA) is 93.7 Å². The van der Waals surface area contributed by atoms with Crippen molar-refractivity contribution >= 4 is 27.4 Å². The standard InChI is InChI=1S/C18H27ClN4O4S/c1-3-28(24,25)15-5-4-12-6-11(7-14(15)23(12)2)20-18-21-16(19)8-17(22-18)27-13-9-26-10-13/h8,11-15H,3-7,9-10H2,1-2H3,(H,20,21,22). The van der Waals surface area contributed by atoms with Gasteiger partial charge in [0.25, 0.3) is 0 Å². The van der Waals surface area contributed by atoms with Crippen LogP contribution in [0.3, 0.4) is 0 Å². The lowest BCUT2D eigenvalue weighted by Crippen LogP contribution is -2.60. The molecule has 1 N–H and O–H groups in total. The summed E-state index contributed by atoms with van der Waals surface area (Å²) >= 11 is 6.14. The van der Waals surface area contributed by atoms with E-state index in [1.807, 2.05) is 7.05 Å². The molecule has 4 atom stereocenters. The lowest BCUT2D eigenvalue weighted by atomic mass is 9.82. The van der Waals surface area contributed by atoms with Crippen LogP contribution < -0.4 is 10.1 Å². The van der Waals surface area contributed by atoms with Gasteiger partial charge in [-0.2, -0.15) is 4.98 Å². The minimum atomic E-state index is -3.08. The van der Waals surface area contributed by atoms with E-state index in [4.69, 9.17) is 21.1 Å². The highest BCUT2D eigenvalue weighted by molar-refractivity contribution is 7.92. The Kier molecular flexibility index (Phi) is 5.70. The fourth-order valence-electron chi connectivity index (χ4n) is 4.51. The van der Waals surface area contributed by atoms with Crippen LogP contribution in [0.15, 0.2) is 6.07 Å². The summed E-state index contributed by atoms with van der Waals surface area (Å²) in [6.45, 7) is 2.83. The van der Waals surface area contributed by atoms with Crippen molar-refractivity contribution in [2.75, 3.05) is 31.3 Å². The molecule has 1 aromatic rings. The van der Waals surface area contributed by atoms with Crippen LogP contribution in [0.4, 0.5) is 5.95 Å². The molecule has 156 valence electrons. The number of piperidine rings is 2. The summed E-state index contributed by atoms with van der Waals surface area (Å²) in [6.07, 6.45) is 3.30. The fourth-order valence-corrected chi connectivity index (χ4v) is 6.39. The molecule has 0 saturated carbocycles. The maximum absolute atomic E-state index is 12.6. The van der Waals surface area contributed by atoms with Gasteiger partial charge < -0.3 is 14.8 Å². The van der Waals surface area contributed by atoms with E-state index in [2.05, 4.69) is 20.2 Å². The van der Waals surface area contributed by atoms with Gasteiger partial charge >= 0.3 is 0 Å². The minimum Gasteiger partial charge on any atom is -0.469 e. The monoisotopic (exact) mass is 430 g/mol. The van der Waals surface area contributed by atoms with Gasteiger partial charge in [-0.1, -0.05) is 18.5 Å². The highest BCUT2D eigenvalue weighted by atomic mass is 35.5. The summed E-state index contributed by atoms with van der Waals surface area (Å²) in [5.41, 5.74) is 0. The summed E-state index contributed by atoms with van der Waals surface area (Å²) in [4.78, 5) is 11.0. The molecule has 3 saturated heterocycles. The first-order chi connectivity index (χ1) is 13.4. The first-order valence-corrected chi connectivity index (χ1v) is 11.9. The Bertz CT molecular complexity index is 820. The Morgan fingerprint density at radius 2 is 2.11 bits per heavy atom. The molecule has 10 heteroatoms. The largest absolute Gasteiger partial charge is 0.469 e. The molecule has 1 aromatic heterocycles. The maximum atomic E-state index is 12.6. The first-order valence-electron chi connectivity index (χ1n) is 9.84. The quantitative estimate of drug-likeness (QED) is 0.682. The minimum absolute atomic E-state index is 0.00140. The summed E-state index contributed by atoms with van der Waals surface area (Å²) in [5, 5.41) is 3.38. The van der Waals surface area contributed by atoms with E-state index in [0.29, 0.717) is 36.2 Å². The van der Waals surface area contributed by atoms with E-state index >= 15 is 0 Å². The zero-order valence-corrected chi connectivity index (χ0v) is 17.7. The molecule has 4 heterocycles. The van der Waals surface area contributed by atoms with Crippen LogP contribution in [0.1, 0.15) is 32.6 Å². The smallest absolute Gasteiger partial charge is 0.227 e. The Hall–Kier alpha value is -1.16. The second-order valence-electron chi connectivity index (χ2n) is 7.90. The van der Waals surface area contributed by atoms with Crippen molar-refractivity contribution in [1.29, 1.82) is 0 Å². The average molecular weight is 431 g/mol. The molecule has 2 bridgehead atoms. The zero-order valence-electron chi connectivity index (χ0n) is 16.2. The number of hydrogen-bond acceptors (Lipinski definition) is 8. The molecule has 0 spiro atoms. The van der Waals surface area contributed by atoms with Crippen LogP contribution in [0, 0.1) is 0 Å². The Balaban J connectivity index is 1.48. The second-order valence-corrected chi connectivity index (χ2v) is 10.8. The van der Waals surface area contributed by atoms with Crippen LogP contribution in [0.2, 0.25) is 5.15 Å². The highest BCUT2D eigenvalue weighted by Gasteiger charge is 2.45. The number of sulfone groups is 1. The van der Waals surface area contributed by atoms with Crippen molar-refractivity contribution in [3.05, 3.63) is 11.2 Å². The first kappa shape index (κ1) is 20.1. The fraction of sp³-hybridized carbons (Fsp3) is 0.778. The molecule has 0 aromatic carbocycles. The molecule has 3 aliphatic rings. The van der Waals surface area contributed by atoms with E-state index in [1.54, 1.807) is 13.0 Å². The SMILES string of the molecule is CCS(=O)(=O)C1CCC2CC(Nc3nc(Cl)cc(OC4COC4)n3)CC1N2C. The third kappa shape index (κ3) is 4.08. The molecule has 0 radical (unpaired) electrons. The van der Waals surface area contributed by atoms with Crippen molar-refractivity contribution in [2.45, 2.75) is 62.1 Å². The number of aromatic nitrogens is 2. The Morgan fingerprint density at radius 1 is 1.32 bits per heavy atom. The van der Waals surface area contributed by atoms with Crippen LogP contribution in [-0.4, -0.2) is 78.8 Å². The molecular weight excluding hydrogens is 404 g/mol. The van der Waals surface area contributed by atoms with Crippen LogP contribution in [0.25, 0.3) is 0 Å². The zero-order chi connectivity index (χ0) is 19.9. The summed E-state index contributed by atoms with van der Waals surface area (Å²) in [5.74, 6) is 1.04. The number of nitrogens with one attached hydrogen (secondary N) is 1. The number of hydrogen-bond donors (Lipinski definition) is 1. The maximum Gasteiger partial charge on any atom is 0.227 e. The predicted octanol–water partition coefficient (Wildman–Crippen LogP) is 1.75. The van der Waals surface area contributed by atoms with Crippen molar-refractivity contribution < 1.29 is 17.9 Å².